The van der Waals surface area contributed by atoms with Crippen molar-refractivity contribution in [3.63, 3.8) is 0 Å². The molecule has 0 amide bonds. The molecule has 15 heavy (non-hydrogen) atoms. The topological polar surface area (TPSA) is 67.3 Å². The number of ketones is 1. The molecule has 80 valence electrons. The van der Waals surface area contributed by atoms with E-state index in [1.807, 2.05) is 0 Å². The minimum atomic E-state index is -0.967. The second kappa shape index (κ2) is 5.24. The van der Waals surface area contributed by atoms with Crippen molar-refractivity contribution < 1.29 is 14.7 Å². The maximum absolute atomic E-state index is 11.6. The first-order valence-corrected chi connectivity index (χ1v) is 4.79. The molecule has 0 bridgehead atoms. The van der Waals surface area contributed by atoms with Crippen LogP contribution >= 0.6 is 0 Å². The van der Waals surface area contributed by atoms with Gasteiger partial charge in [0, 0.05) is 18.8 Å². The van der Waals surface area contributed by atoms with Crippen LogP contribution < -0.4 is 0 Å². The van der Waals surface area contributed by atoms with Crippen molar-refractivity contribution in [1.82, 2.24) is 4.98 Å². The second-order valence-electron chi connectivity index (χ2n) is 3.26. The Labute approximate surface area is 88.0 Å². The van der Waals surface area contributed by atoms with E-state index in [4.69, 9.17) is 5.11 Å². The third kappa shape index (κ3) is 3.16. The number of carbonyl (C=O) groups is 2. The van der Waals surface area contributed by atoms with Gasteiger partial charge in [-0.25, -0.2) is 0 Å². The Balaban J connectivity index is 2.91. The zero-order valence-corrected chi connectivity index (χ0v) is 8.51. The Morgan fingerprint density at radius 1 is 1.53 bits per heavy atom. The van der Waals surface area contributed by atoms with Gasteiger partial charge in [-0.1, -0.05) is 13.0 Å². The molecule has 0 fully saturated rings. The third-order valence-electron chi connectivity index (χ3n) is 2.20. The number of hydrogen-bond acceptors (Lipinski definition) is 3. The van der Waals surface area contributed by atoms with Crippen LogP contribution in [-0.4, -0.2) is 21.8 Å². The Hall–Kier alpha value is -1.71. The summed E-state index contributed by atoms with van der Waals surface area (Å²) in [5, 5.41) is 8.72. The molecule has 0 aliphatic rings. The molecule has 4 heteroatoms. The van der Waals surface area contributed by atoms with Gasteiger partial charge in [-0.3, -0.25) is 14.6 Å². The first-order chi connectivity index (χ1) is 7.15. The molecular formula is C11H13NO3. The number of carboxylic acid groups (broad SMARTS) is 1. The molecule has 1 rings (SSSR count). The van der Waals surface area contributed by atoms with Crippen LogP contribution in [0.2, 0.25) is 0 Å². The van der Waals surface area contributed by atoms with E-state index in [1.165, 1.54) is 0 Å². The SMILES string of the molecule is CCC(=O)C(CC(=O)O)c1cccnc1. The smallest absolute Gasteiger partial charge is 0.304 e. The van der Waals surface area contributed by atoms with Gasteiger partial charge in [0.2, 0.25) is 0 Å². The summed E-state index contributed by atoms with van der Waals surface area (Å²) in [6.07, 6.45) is 3.31. The fourth-order valence-corrected chi connectivity index (χ4v) is 1.42. The third-order valence-corrected chi connectivity index (χ3v) is 2.20. The highest BCUT2D eigenvalue weighted by molar-refractivity contribution is 5.89. The summed E-state index contributed by atoms with van der Waals surface area (Å²) in [6, 6.07) is 3.43. The number of pyridine rings is 1. The summed E-state index contributed by atoms with van der Waals surface area (Å²) in [5.74, 6) is -1.60. The van der Waals surface area contributed by atoms with E-state index < -0.39 is 11.9 Å². The molecule has 0 spiro atoms. The fourth-order valence-electron chi connectivity index (χ4n) is 1.42. The fraction of sp³-hybridized carbons (Fsp3) is 0.364. The number of rotatable bonds is 5. The first kappa shape index (κ1) is 11.4. The van der Waals surface area contributed by atoms with Gasteiger partial charge in [-0.2, -0.15) is 0 Å². The number of hydrogen-bond donors (Lipinski definition) is 1. The van der Waals surface area contributed by atoms with Crippen LogP contribution in [0.3, 0.4) is 0 Å². The van der Waals surface area contributed by atoms with Crippen LogP contribution in [0.4, 0.5) is 0 Å². The van der Waals surface area contributed by atoms with Crippen molar-refractivity contribution in [2.24, 2.45) is 0 Å². The molecule has 0 aliphatic carbocycles. The summed E-state index contributed by atoms with van der Waals surface area (Å²) >= 11 is 0. The van der Waals surface area contributed by atoms with Gasteiger partial charge in [0.15, 0.2) is 0 Å². The highest BCUT2D eigenvalue weighted by atomic mass is 16.4. The van der Waals surface area contributed by atoms with Gasteiger partial charge in [-0.15, -0.1) is 0 Å². The zero-order chi connectivity index (χ0) is 11.3. The van der Waals surface area contributed by atoms with Gasteiger partial charge in [-0.05, 0) is 11.6 Å². The normalized spacial score (nSPS) is 12.1. The highest BCUT2D eigenvalue weighted by Crippen LogP contribution is 2.21. The summed E-state index contributed by atoms with van der Waals surface area (Å²) in [5.41, 5.74) is 0.673. The lowest BCUT2D eigenvalue weighted by Crippen LogP contribution is -2.15. The van der Waals surface area contributed by atoms with E-state index in [0.717, 1.165) is 0 Å². The average molecular weight is 207 g/mol. The van der Waals surface area contributed by atoms with Crippen molar-refractivity contribution in [2.45, 2.75) is 25.7 Å². The number of Topliss-reactive ketones (excluding diaryl/α,β-unsaturated/α-hetero) is 1. The Morgan fingerprint density at radius 2 is 2.27 bits per heavy atom. The molecule has 1 atom stereocenters. The Kier molecular flexibility index (Phi) is 3.97. The van der Waals surface area contributed by atoms with Gasteiger partial charge < -0.3 is 5.11 Å². The zero-order valence-electron chi connectivity index (χ0n) is 8.51. The maximum atomic E-state index is 11.6. The van der Waals surface area contributed by atoms with E-state index in [-0.39, 0.29) is 12.2 Å². The Morgan fingerprint density at radius 3 is 2.73 bits per heavy atom. The summed E-state index contributed by atoms with van der Waals surface area (Å²) in [6.45, 7) is 1.73. The molecule has 1 heterocycles. The van der Waals surface area contributed by atoms with Gasteiger partial charge in [0.25, 0.3) is 0 Å². The minimum absolute atomic E-state index is 0.0644. The average Bonchev–Trinajstić information content (AvgIpc) is 2.26. The number of aromatic nitrogens is 1. The van der Waals surface area contributed by atoms with Crippen LogP contribution in [-0.2, 0) is 9.59 Å². The molecule has 0 aliphatic heterocycles. The monoisotopic (exact) mass is 207 g/mol. The standard InChI is InChI=1S/C11H13NO3/c1-2-10(13)9(6-11(14)15)8-4-3-5-12-7-8/h3-5,7,9H,2,6H2,1H3,(H,14,15). The van der Waals surface area contributed by atoms with Crippen LogP contribution in [0, 0.1) is 0 Å². The van der Waals surface area contributed by atoms with Gasteiger partial charge in [0.1, 0.15) is 5.78 Å². The molecule has 1 aromatic rings. The quantitative estimate of drug-likeness (QED) is 0.796. The van der Waals surface area contributed by atoms with Crippen LogP contribution in [0.1, 0.15) is 31.2 Å². The minimum Gasteiger partial charge on any atom is -0.481 e. The van der Waals surface area contributed by atoms with Crippen LogP contribution in [0.15, 0.2) is 24.5 Å². The summed E-state index contributed by atoms with van der Waals surface area (Å²) in [7, 11) is 0. The van der Waals surface area contributed by atoms with E-state index in [1.54, 1.807) is 31.5 Å². The van der Waals surface area contributed by atoms with Crippen LogP contribution in [0.5, 0.6) is 0 Å². The number of aliphatic carboxylic acids is 1. The predicted molar refractivity (Wildman–Crippen MR) is 54.5 cm³/mol. The molecule has 4 nitrogen and oxygen atoms in total. The molecule has 0 saturated heterocycles. The van der Waals surface area contributed by atoms with E-state index >= 15 is 0 Å². The van der Waals surface area contributed by atoms with Gasteiger partial charge >= 0.3 is 5.97 Å². The second-order valence-corrected chi connectivity index (χ2v) is 3.26. The lowest BCUT2D eigenvalue weighted by Gasteiger charge is -2.12. The van der Waals surface area contributed by atoms with Crippen molar-refractivity contribution >= 4 is 11.8 Å². The van der Waals surface area contributed by atoms with Crippen LogP contribution in [0.25, 0.3) is 0 Å². The van der Waals surface area contributed by atoms with Crippen molar-refractivity contribution in [2.75, 3.05) is 0 Å². The highest BCUT2D eigenvalue weighted by Gasteiger charge is 2.21. The number of nitrogens with zero attached hydrogens (tertiary/aromatic N) is 1. The lowest BCUT2D eigenvalue weighted by atomic mass is 9.91. The van der Waals surface area contributed by atoms with Crippen molar-refractivity contribution in [1.29, 1.82) is 0 Å². The van der Waals surface area contributed by atoms with Gasteiger partial charge in [0.05, 0.1) is 12.3 Å². The lowest BCUT2D eigenvalue weighted by molar-refractivity contribution is -0.139. The molecular weight excluding hydrogens is 194 g/mol. The largest absolute Gasteiger partial charge is 0.481 e. The molecule has 0 saturated carbocycles. The van der Waals surface area contributed by atoms with Crippen molar-refractivity contribution in [3.05, 3.63) is 30.1 Å². The summed E-state index contributed by atoms with van der Waals surface area (Å²) < 4.78 is 0. The van der Waals surface area contributed by atoms with E-state index in [9.17, 15) is 9.59 Å². The first-order valence-electron chi connectivity index (χ1n) is 4.79. The molecule has 0 aromatic carbocycles. The van der Waals surface area contributed by atoms with E-state index in [0.29, 0.717) is 12.0 Å². The van der Waals surface area contributed by atoms with Crippen molar-refractivity contribution in [3.8, 4) is 0 Å². The Bertz CT molecular complexity index is 348. The molecule has 1 N–H and O–H groups in total. The molecule has 1 aromatic heterocycles. The summed E-state index contributed by atoms with van der Waals surface area (Å²) in [4.78, 5) is 26.1. The number of carboxylic acids is 1. The molecule has 1 unspecified atom stereocenters. The predicted octanol–water partition coefficient (Wildman–Crippen LogP) is 1.62. The molecule has 0 radical (unpaired) electrons. The maximum Gasteiger partial charge on any atom is 0.304 e. The number of carbonyl (C=O) groups excluding carboxylic acids is 1. The van der Waals surface area contributed by atoms with E-state index in [2.05, 4.69) is 4.98 Å².